The molecule has 0 radical (unpaired) electrons. The number of fused-ring (bicyclic) bond motifs is 1. The van der Waals surface area contributed by atoms with Gasteiger partial charge in [-0.15, -0.1) is 46.7 Å². The summed E-state index contributed by atoms with van der Waals surface area (Å²) in [5, 5.41) is 2.67. The predicted octanol–water partition coefficient (Wildman–Crippen LogP) is 4.84. The largest absolute Gasteiger partial charge is 0.150 e. The van der Waals surface area contributed by atoms with Crippen molar-refractivity contribution in [1.82, 2.24) is 0 Å². The third-order valence-corrected chi connectivity index (χ3v) is 3.21. The van der Waals surface area contributed by atoms with Crippen LogP contribution in [0.3, 0.4) is 0 Å². The van der Waals surface area contributed by atoms with Gasteiger partial charge in [-0.05, 0) is 13.8 Å². The summed E-state index contributed by atoms with van der Waals surface area (Å²) >= 11 is 0. The van der Waals surface area contributed by atoms with Gasteiger partial charge in [-0.2, -0.15) is 0 Å². The molecular formula is C17H15Zr-. The van der Waals surface area contributed by atoms with Gasteiger partial charge in [-0.3, -0.25) is 0 Å². The summed E-state index contributed by atoms with van der Waals surface area (Å²) in [7, 11) is 0. The Morgan fingerprint density at radius 1 is 0.889 bits per heavy atom. The van der Waals surface area contributed by atoms with Crippen molar-refractivity contribution in [3.63, 3.8) is 0 Å². The minimum Gasteiger partial charge on any atom is -0.150 e. The van der Waals surface area contributed by atoms with Gasteiger partial charge in [-0.25, -0.2) is 0 Å². The number of benzene rings is 2. The van der Waals surface area contributed by atoms with Crippen LogP contribution in [0.15, 0.2) is 54.6 Å². The molecule has 3 rings (SSSR count). The molecule has 0 fully saturated rings. The predicted molar refractivity (Wildman–Crippen MR) is 74.5 cm³/mol. The van der Waals surface area contributed by atoms with Gasteiger partial charge < -0.3 is 0 Å². The van der Waals surface area contributed by atoms with E-state index in [0.717, 1.165) is 0 Å². The zero-order valence-electron chi connectivity index (χ0n) is 10.7. The van der Waals surface area contributed by atoms with Gasteiger partial charge >= 0.3 is 0 Å². The molecule has 0 bridgehead atoms. The molecule has 3 aromatic carbocycles. The normalized spacial score (nSPS) is 10.3. The maximum Gasteiger partial charge on any atom is 0 e. The summed E-state index contributed by atoms with van der Waals surface area (Å²) in [5.41, 5.74) is 5.31. The molecule has 0 aliphatic carbocycles. The standard InChI is InChI=1S/C17H15.Zr/c1-12-9-13(2)11-15(10-12)17-8-7-14-5-3-4-6-16(14)17;/h3-11H,1-2H3;/q-1;. The molecule has 0 atom stereocenters. The second-order valence-electron chi connectivity index (χ2n) is 4.71. The molecule has 0 amide bonds. The van der Waals surface area contributed by atoms with Crippen molar-refractivity contribution in [3.8, 4) is 11.1 Å². The summed E-state index contributed by atoms with van der Waals surface area (Å²) in [4.78, 5) is 0. The maximum absolute atomic E-state index is 2.26. The first-order chi connectivity index (χ1) is 8.24. The summed E-state index contributed by atoms with van der Waals surface area (Å²) < 4.78 is 0. The first-order valence-corrected chi connectivity index (χ1v) is 5.97. The fourth-order valence-electron chi connectivity index (χ4n) is 2.53. The van der Waals surface area contributed by atoms with Crippen LogP contribution in [0.4, 0.5) is 0 Å². The molecule has 0 unspecified atom stereocenters. The van der Waals surface area contributed by atoms with Crippen LogP contribution < -0.4 is 0 Å². The van der Waals surface area contributed by atoms with Crippen molar-refractivity contribution in [2.45, 2.75) is 13.8 Å². The topological polar surface area (TPSA) is 0 Å². The summed E-state index contributed by atoms with van der Waals surface area (Å²) in [6, 6.07) is 19.7. The molecule has 18 heavy (non-hydrogen) atoms. The minimum absolute atomic E-state index is 0. The average molecular weight is 311 g/mol. The smallest absolute Gasteiger partial charge is 0 e. The molecule has 88 valence electrons. The second kappa shape index (κ2) is 5.28. The van der Waals surface area contributed by atoms with Crippen LogP contribution >= 0.6 is 0 Å². The molecule has 0 aromatic heterocycles. The first kappa shape index (κ1) is 13.4. The molecule has 0 N–H and O–H groups in total. The molecule has 0 aliphatic rings. The van der Waals surface area contributed by atoms with Crippen molar-refractivity contribution in [2.75, 3.05) is 0 Å². The van der Waals surface area contributed by atoms with Crippen LogP contribution in [0, 0.1) is 13.8 Å². The summed E-state index contributed by atoms with van der Waals surface area (Å²) in [6.07, 6.45) is 0. The molecule has 0 nitrogen and oxygen atoms in total. The SMILES string of the molecule is Cc1cc(C)cc(-c2c[cH-]c3ccccc23)c1.[Zr]. The Balaban J connectivity index is 0.00000120. The van der Waals surface area contributed by atoms with Crippen LogP contribution in [-0.2, 0) is 26.2 Å². The molecule has 0 saturated carbocycles. The van der Waals surface area contributed by atoms with Crippen molar-refractivity contribution in [1.29, 1.82) is 0 Å². The van der Waals surface area contributed by atoms with Crippen LogP contribution in [0.1, 0.15) is 11.1 Å². The van der Waals surface area contributed by atoms with E-state index in [9.17, 15) is 0 Å². The average Bonchev–Trinajstić information content (AvgIpc) is 2.71. The van der Waals surface area contributed by atoms with Crippen LogP contribution in [0.5, 0.6) is 0 Å². The fraction of sp³-hybridized carbons (Fsp3) is 0.118. The number of hydrogen-bond donors (Lipinski definition) is 0. The zero-order chi connectivity index (χ0) is 11.8. The van der Waals surface area contributed by atoms with Crippen molar-refractivity contribution < 1.29 is 26.2 Å². The maximum atomic E-state index is 2.26. The van der Waals surface area contributed by atoms with Crippen molar-refractivity contribution in [2.24, 2.45) is 0 Å². The van der Waals surface area contributed by atoms with Gasteiger partial charge in [-0.1, -0.05) is 41.0 Å². The molecule has 0 aliphatic heterocycles. The van der Waals surface area contributed by atoms with Crippen molar-refractivity contribution in [3.05, 3.63) is 65.7 Å². The van der Waals surface area contributed by atoms with E-state index in [4.69, 9.17) is 0 Å². The quantitative estimate of drug-likeness (QED) is 0.564. The van der Waals surface area contributed by atoms with Gasteiger partial charge in [0.25, 0.3) is 0 Å². The van der Waals surface area contributed by atoms with Crippen molar-refractivity contribution >= 4 is 10.8 Å². The first-order valence-electron chi connectivity index (χ1n) is 5.97. The van der Waals surface area contributed by atoms with E-state index in [0.29, 0.717) is 0 Å². The monoisotopic (exact) mass is 309 g/mol. The molecule has 0 heterocycles. The van der Waals surface area contributed by atoms with E-state index >= 15 is 0 Å². The van der Waals surface area contributed by atoms with Gasteiger partial charge in [0.1, 0.15) is 0 Å². The molecule has 0 saturated heterocycles. The minimum atomic E-state index is 0. The van der Waals surface area contributed by atoms with E-state index in [1.807, 2.05) is 0 Å². The summed E-state index contributed by atoms with van der Waals surface area (Å²) in [6.45, 7) is 4.31. The van der Waals surface area contributed by atoms with Crippen LogP contribution in [0.25, 0.3) is 21.9 Å². The molecular weight excluding hydrogens is 295 g/mol. The fourth-order valence-corrected chi connectivity index (χ4v) is 2.53. The van der Waals surface area contributed by atoms with Gasteiger partial charge in [0, 0.05) is 26.2 Å². The van der Waals surface area contributed by atoms with Gasteiger partial charge in [0.2, 0.25) is 0 Å². The molecule has 1 heteroatoms. The Bertz CT molecular complexity index is 657. The Morgan fingerprint density at radius 2 is 1.56 bits per heavy atom. The third kappa shape index (κ3) is 2.38. The van der Waals surface area contributed by atoms with Crippen LogP contribution in [0.2, 0.25) is 0 Å². The third-order valence-electron chi connectivity index (χ3n) is 3.21. The Hall–Kier alpha value is -1.07. The molecule has 0 spiro atoms. The Morgan fingerprint density at radius 3 is 2.28 bits per heavy atom. The van der Waals surface area contributed by atoms with Crippen LogP contribution in [-0.4, -0.2) is 0 Å². The van der Waals surface area contributed by atoms with E-state index in [1.54, 1.807) is 0 Å². The van der Waals surface area contributed by atoms with Gasteiger partial charge in [0.15, 0.2) is 0 Å². The molecule has 3 aromatic rings. The number of rotatable bonds is 1. The number of aryl methyl sites for hydroxylation is 2. The second-order valence-corrected chi connectivity index (χ2v) is 4.71. The Kier molecular flexibility index (Phi) is 3.92. The summed E-state index contributed by atoms with van der Waals surface area (Å²) in [5.74, 6) is 0. The van der Waals surface area contributed by atoms with E-state index in [1.165, 1.54) is 33.0 Å². The number of hydrogen-bond acceptors (Lipinski definition) is 0. The van der Waals surface area contributed by atoms with E-state index in [-0.39, 0.29) is 26.2 Å². The van der Waals surface area contributed by atoms with E-state index in [2.05, 4.69) is 68.4 Å². The Labute approximate surface area is 127 Å². The zero-order valence-corrected chi connectivity index (χ0v) is 13.2. The van der Waals surface area contributed by atoms with E-state index < -0.39 is 0 Å². The van der Waals surface area contributed by atoms with Gasteiger partial charge in [0.05, 0.1) is 0 Å².